The Hall–Kier alpha value is -3.48. The number of rotatable bonds is 5. The van der Waals surface area contributed by atoms with Gasteiger partial charge < -0.3 is 14.9 Å². The topological polar surface area (TPSA) is 88.5 Å². The van der Waals surface area contributed by atoms with Gasteiger partial charge in [-0.2, -0.15) is 0 Å². The normalized spacial score (nSPS) is 12.8. The molecule has 3 heterocycles. The second kappa shape index (κ2) is 7.98. The summed E-state index contributed by atoms with van der Waals surface area (Å²) in [5.41, 5.74) is 5.19. The number of imidazole rings is 1. The number of nitrogens with one attached hydrogen (secondary N) is 2. The molecule has 1 atom stereocenters. The molecule has 1 amide bonds. The van der Waals surface area contributed by atoms with Gasteiger partial charge in [0.25, 0.3) is 5.91 Å². The second-order valence-corrected chi connectivity index (χ2v) is 8.91. The first-order valence-corrected chi connectivity index (χ1v) is 10.5. The number of aromatic nitrogens is 5. The third kappa shape index (κ3) is 4.21. The molecule has 1 unspecified atom stereocenters. The molecule has 0 saturated heterocycles. The van der Waals surface area contributed by atoms with Crippen LogP contribution in [0.2, 0.25) is 0 Å². The van der Waals surface area contributed by atoms with E-state index in [0.717, 1.165) is 12.1 Å². The quantitative estimate of drug-likeness (QED) is 0.500. The molecule has 0 aliphatic heterocycles. The number of carbonyl (C=O) groups excluding carboxylic acids is 1. The Morgan fingerprint density at radius 2 is 2.03 bits per heavy atom. The van der Waals surface area contributed by atoms with Gasteiger partial charge in [0, 0.05) is 24.1 Å². The summed E-state index contributed by atoms with van der Waals surface area (Å²) in [5, 5.41) is 3.06. The summed E-state index contributed by atoms with van der Waals surface area (Å²) in [7, 11) is 0. The fourth-order valence-electron chi connectivity index (χ4n) is 3.21. The van der Waals surface area contributed by atoms with Crippen LogP contribution in [0.5, 0.6) is 0 Å². The molecule has 160 valence electrons. The third-order valence-electron chi connectivity index (χ3n) is 5.73. The number of amides is 1. The molecule has 4 aromatic rings. The van der Waals surface area contributed by atoms with Crippen LogP contribution >= 0.6 is 0 Å². The zero-order chi connectivity index (χ0) is 22.2. The van der Waals surface area contributed by atoms with Crippen LogP contribution in [0.1, 0.15) is 50.5 Å². The van der Waals surface area contributed by atoms with Crippen LogP contribution in [0, 0.1) is 5.41 Å². The summed E-state index contributed by atoms with van der Waals surface area (Å²) in [4.78, 5) is 29.6. The van der Waals surface area contributed by atoms with E-state index in [1.54, 1.807) is 18.7 Å². The van der Waals surface area contributed by atoms with Crippen LogP contribution in [-0.4, -0.2) is 36.5 Å². The summed E-state index contributed by atoms with van der Waals surface area (Å²) >= 11 is 0. The van der Waals surface area contributed by atoms with E-state index < -0.39 is 0 Å². The van der Waals surface area contributed by atoms with Crippen LogP contribution in [0.3, 0.4) is 0 Å². The number of aromatic amines is 1. The highest BCUT2D eigenvalue weighted by molar-refractivity contribution is 6.04. The Morgan fingerprint density at radius 3 is 2.77 bits per heavy atom. The largest absolute Gasteiger partial charge is 0.349 e. The van der Waals surface area contributed by atoms with E-state index >= 15 is 0 Å². The lowest BCUT2D eigenvalue weighted by Crippen LogP contribution is -2.41. The number of nitrogens with zero attached hydrogens (tertiary/aromatic N) is 4. The van der Waals surface area contributed by atoms with Gasteiger partial charge in [-0.25, -0.2) is 15.0 Å². The summed E-state index contributed by atoms with van der Waals surface area (Å²) in [6.07, 6.45) is 8.01. The maximum absolute atomic E-state index is 12.9. The minimum atomic E-state index is -0.165. The zero-order valence-electron chi connectivity index (χ0n) is 18.6. The first-order valence-electron chi connectivity index (χ1n) is 10.5. The fourth-order valence-corrected chi connectivity index (χ4v) is 3.21. The molecule has 4 rings (SSSR count). The van der Waals surface area contributed by atoms with Gasteiger partial charge >= 0.3 is 0 Å². The predicted molar refractivity (Wildman–Crippen MR) is 122 cm³/mol. The van der Waals surface area contributed by atoms with Gasteiger partial charge in [0.05, 0.1) is 18.1 Å². The molecule has 0 fully saturated rings. The molecule has 7 heteroatoms. The van der Waals surface area contributed by atoms with E-state index in [1.807, 2.05) is 29.8 Å². The van der Waals surface area contributed by atoms with Crippen LogP contribution in [0.4, 0.5) is 0 Å². The molecule has 0 bridgehead atoms. The van der Waals surface area contributed by atoms with E-state index in [2.05, 4.69) is 60.1 Å². The van der Waals surface area contributed by atoms with Gasteiger partial charge in [0.2, 0.25) is 0 Å². The van der Waals surface area contributed by atoms with Crippen molar-refractivity contribution in [1.29, 1.82) is 0 Å². The van der Waals surface area contributed by atoms with E-state index in [0.29, 0.717) is 28.1 Å². The first-order chi connectivity index (χ1) is 14.8. The molecule has 0 saturated carbocycles. The highest BCUT2D eigenvalue weighted by atomic mass is 16.1. The molecular formula is C24H28N6O. The number of hydrogen-bond acceptors (Lipinski definition) is 4. The fraction of sp³-hybridized carbons (Fsp3) is 0.333. The first kappa shape index (κ1) is 20.8. The van der Waals surface area contributed by atoms with E-state index in [9.17, 15) is 4.79 Å². The number of aryl methyl sites for hydroxylation is 1. The monoisotopic (exact) mass is 416 g/mol. The molecule has 2 N–H and O–H groups in total. The molecule has 0 aliphatic rings. The second-order valence-electron chi connectivity index (χ2n) is 8.91. The highest BCUT2D eigenvalue weighted by Crippen LogP contribution is 2.23. The van der Waals surface area contributed by atoms with Crippen molar-refractivity contribution in [3.63, 3.8) is 0 Å². The summed E-state index contributed by atoms with van der Waals surface area (Å²) in [5.74, 6) is -0.165. The van der Waals surface area contributed by atoms with Crippen molar-refractivity contribution in [2.75, 3.05) is 0 Å². The number of benzene rings is 1. The Balaban J connectivity index is 1.65. The molecule has 0 aliphatic carbocycles. The van der Waals surface area contributed by atoms with Crippen LogP contribution < -0.4 is 5.32 Å². The maximum atomic E-state index is 12.9. The summed E-state index contributed by atoms with van der Waals surface area (Å²) in [6, 6.07) is 8.36. The molecule has 0 spiro atoms. The Kier molecular flexibility index (Phi) is 5.35. The van der Waals surface area contributed by atoms with Crippen molar-refractivity contribution >= 4 is 17.1 Å². The van der Waals surface area contributed by atoms with E-state index in [4.69, 9.17) is 4.98 Å². The molecule has 1 aromatic carbocycles. The average molecular weight is 417 g/mol. The highest BCUT2D eigenvalue weighted by Gasteiger charge is 2.24. The Bertz CT molecular complexity index is 1230. The van der Waals surface area contributed by atoms with Crippen LogP contribution in [0.15, 0.2) is 49.2 Å². The van der Waals surface area contributed by atoms with Gasteiger partial charge in [-0.1, -0.05) is 39.8 Å². The molecule has 31 heavy (non-hydrogen) atoms. The van der Waals surface area contributed by atoms with Crippen molar-refractivity contribution in [3.8, 4) is 17.1 Å². The number of hydrogen-bond donors (Lipinski definition) is 2. The maximum Gasteiger partial charge on any atom is 0.255 e. The van der Waals surface area contributed by atoms with Gasteiger partial charge in [-0.3, -0.25) is 4.79 Å². The van der Waals surface area contributed by atoms with E-state index in [1.165, 1.54) is 5.56 Å². The molecule has 0 radical (unpaired) electrons. The predicted octanol–water partition coefficient (Wildman–Crippen LogP) is 4.54. The van der Waals surface area contributed by atoms with Gasteiger partial charge in [-0.05, 0) is 36.5 Å². The lowest BCUT2D eigenvalue weighted by molar-refractivity contribution is 0.0911. The van der Waals surface area contributed by atoms with Crippen molar-refractivity contribution < 1.29 is 4.79 Å². The number of fused-ring (bicyclic) bond motifs is 1. The lowest BCUT2D eigenvalue weighted by atomic mass is 9.88. The molecular weight excluding hydrogens is 388 g/mol. The van der Waals surface area contributed by atoms with Gasteiger partial charge in [0.15, 0.2) is 5.65 Å². The van der Waals surface area contributed by atoms with E-state index in [-0.39, 0.29) is 17.4 Å². The standard InChI is InChI=1S/C24H28N6O/c1-6-16-8-7-9-17(10-16)30-13-20(27-14-30)19-12-26-22-21(29-19)18(11-25-22)23(31)28-15(2)24(3,4)5/h7-15H,6H2,1-5H3,(H,25,26)(H,28,31). The molecule has 7 nitrogen and oxygen atoms in total. The van der Waals surface area contributed by atoms with Crippen LogP contribution in [0.25, 0.3) is 28.2 Å². The molecule has 3 aromatic heterocycles. The average Bonchev–Trinajstić information content (AvgIpc) is 3.40. The minimum absolute atomic E-state index is 0.00988. The van der Waals surface area contributed by atoms with Gasteiger partial charge in [0.1, 0.15) is 16.9 Å². The Morgan fingerprint density at radius 1 is 1.23 bits per heavy atom. The smallest absolute Gasteiger partial charge is 0.255 e. The van der Waals surface area contributed by atoms with Crippen molar-refractivity contribution in [3.05, 3.63) is 60.3 Å². The number of carbonyl (C=O) groups is 1. The lowest BCUT2D eigenvalue weighted by Gasteiger charge is -2.27. The minimum Gasteiger partial charge on any atom is -0.349 e. The van der Waals surface area contributed by atoms with Crippen LogP contribution in [-0.2, 0) is 6.42 Å². The zero-order valence-corrected chi connectivity index (χ0v) is 18.6. The van der Waals surface area contributed by atoms with Crippen molar-refractivity contribution in [1.82, 2.24) is 29.8 Å². The summed E-state index contributed by atoms with van der Waals surface area (Å²) in [6.45, 7) is 10.4. The van der Waals surface area contributed by atoms with Crippen molar-refractivity contribution in [2.45, 2.75) is 47.1 Å². The Labute approximate surface area is 182 Å². The summed E-state index contributed by atoms with van der Waals surface area (Å²) < 4.78 is 1.97. The third-order valence-corrected chi connectivity index (χ3v) is 5.73. The number of H-pyrrole nitrogens is 1. The van der Waals surface area contributed by atoms with Gasteiger partial charge in [-0.15, -0.1) is 0 Å². The van der Waals surface area contributed by atoms with Crippen molar-refractivity contribution in [2.24, 2.45) is 5.41 Å². The SMILES string of the molecule is CCc1cccc(-n2cnc(-c3cnc4[nH]cc(C(=O)NC(C)C(C)(C)C)c4n3)c2)c1.